The normalized spacial score (nSPS) is 10.3. The van der Waals surface area contributed by atoms with Crippen LogP contribution in [0.4, 0.5) is 0 Å². The molecule has 0 aliphatic heterocycles. The van der Waals surface area contributed by atoms with Gasteiger partial charge in [0.05, 0.1) is 18.4 Å². The maximum Gasteiger partial charge on any atom is 0.325 e. The van der Waals surface area contributed by atoms with Crippen LogP contribution in [-0.2, 0) is 14.3 Å². The number of methoxy groups -OCH3 is 1. The minimum Gasteiger partial charge on any atom is -0.468 e. The van der Waals surface area contributed by atoms with Crippen LogP contribution >= 0.6 is 11.8 Å². The smallest absolute Gasteiger partial charge is 0.325 e. The number of carbonyl (C=O) groups excluding carboxylic acids is 2. The van der Waals surface area contributed by atoms with Gasteiger partial charge in [0.2, 0.25) is 17.6 Å². The number of pyridine rings is 1. The summed E-state index contributed by atoms with van der Waals surface area (Å²) in [7, 11) is 1.26. The highest BCUT2D eigenvalue weighted by Crippen LogP contribution is 2.27. The zero-order chi connectivity index (χ0) is 15.9. The summed E-state index contributed by atoms with van der Waals surface area (Å²) in [4.78, 5) is 31.0. The number of amides is 1. The summed E-state index contributed by atoms with van der Waals surface area (Å²) < 4.78 is 9.39. The molecular formula is C13H14N4O4S. The summed E-state index contributed by atoms with van der Waals surface area (Å²) in [5.41, 5.74) is 0.685. The first-order valence-electron chi connectivity index (χ1n) is 6.32. The minimum atomic E-state index is -0.501. The zero-order valence-electron chi connectivity index (χ0n) is 12.0. The highest BCUT2D eigenvalue weighted by molar-refractivity contribution is 8.00. The zero-order valence-corrected chi connectivity index (χ0v) is 12.8. The Morgan fingerprint density at radius 1 is 1.45 bits per heavy atom. The number of carbonyl (C=O) groups is 2. The lowest BCUT2D eigenvalue weighted by molar-refractivity contribution is -0.140. The van der Waals surface area contributed by atoms with Gasteiger partial charge in [-0.25, -0.2) is 4.98 Å². The van der Waals surface area contributed by atoms with Crippen molar-refractivity contribution in [2.45, 2.75) is 11.9 Å². The summed E-state index contributed by atoms with van der Waals surface area (Å²) in [5.74, 6) is 0.182. The first-order chi connectivity index (χ1) is 10.6. The molecule has 1 amide bonds. The molecule has 0 aliphatic carbocycles. The van der Waals surface area contributed by atoms with Gasteiger partial charge in [0, 0.05) is 13.1 Å². The molecule has 1 N–H and O–H groups in total. The molecular weight excluding hydrogens is 308 g/mol. The van der Waals surface area contributed by atoms with Crippen molar-refractivity contribution >= 4 is 23.6 Å². The number of aromatic nitrogens is 3. The third-order valence-corrected chi connectivity index (χ3v) is 3.54. The van der Waals surface area contributed by atoms with Crippen LogP contribution in [-0.4, -0.2) is 46.4 Å². The SMILES string of the molecule is COC(=O)CNC(=O)CSc1ncccc1-c1noc(C)n1. The van der Waals surface area contributed by atoms with Crippen molar-refractivity contribution in [3.63, 3.8) is 0 Å². The van der Waals surface area contributed by atoms with Crippen LogP contribution in [0.15, 0.2) is 27.9 Å². The number of thioether (sulfide) groups is 1. The third-order valence-electron chi connectivity index (χ3n) is 2.54. The van der Waals surface area contributed by atoms with E-state index < -0.39 is 5.97 Å². The molecule has 0 bridgehead atoms. The average Bonchev–Trinajstić information content (AvgIpc) is 2.97. The number of nitrogens with one attached hydrogen (secondary N) is 1. The average molecular weight is 322 g/mol. The molecule has 22 heavy (non-hydrogen) atoms. The Morgan fingerprint density at radius 2 is 2.27 bits per heavy atom. The van der Waals surface area contributed by atoms with E-state index in [-0.39, 0.29) is 18.2 Å². The molecule has 2 aromatic heterocycles. The van der Waals surface area contributed by atoms with Gasteiger partial charge in [-0.05, 0) is 12.1 Å². The maximum atomic E-state index is 11.7. The van der Waals surface area contributed by atoms with Crippen molar-refractivity contribution in [2.75, 3.05) is 19.4 Å². The molecule has 2 aromatic rings. The van der Waals surface area contributed by atoms with Crippen molar-refractivity contribution < 1.29 is 18.8 Å². The van der Waals surface area contributed by atoms with Crippen LogP contribution in [0.25, 0.3) is 11.4 Å². The van der Waals surface area contributed by atoms with Crippen molar-refractivity contribution in [3.8, 4) is 11.4 Å². The Hall–Kier alpha value is -2.42. The second-order valence-electron chi connectivity index (χ2n) is 4.13. The van der Waals surface area contributed by atoms with Crippen molar-refractivity contribution in [2.24, 2.45) is 0 Å². The predicted octanol–water partition coefficient (Wildman–Crippen LogP) is 0.821. The van der Waals surface area contributed by atoms with Crippen LogP contribution in [0.5, 0.6) is 0 Å². The van der Waals surface area contributed by atoms with E-state index in [2.05, 4.69) is 25.2 Å². The number of nitrogens with zero attached hydrogens (tertiary/aromatic N) is 3. The van der Waals surface area contributed by atoms with E-state index in [1.807, 2.05) is 0 Å². The largest absolute Gasteiger partial charge is 0.468 e. The Morgan fingerprint density at radius 3 is 2.95 bits per heavy atom. The van der Waals surface area contributed by atoms with E-state index in [0.717, 1.165) is 0 Å². The van der Waals surface area contributed by atoms with Crippen LogP contribution in [0.1, 0.15) is 5.89 Å². The molecule has 0 aromatic carbocycles. The van der Waals surface area contributed by atoms with Crippen LogP contribution in [0, 0.1) is 6.92 Å². The Bertz CT molecular complexity index is 674. The second kappa shape index (κ2) is 7.55. The predicted molar refractivity (Wildman–Crippen MR) is 78.0 cm³/mol. The van der Waals surface area contributed by atoms with Crippen molar-refractivity contribution in [1.82, 2.24) is 20.4 Å². The number of ether oxygens (including phenoxy) is 1. The topological polar surface area (TPSA) is 107 Å². The fourth-order valence-electron chi connectivity index (χ4n) is 1.51. The number of hydrogen-bond acceptors (Lipinski definition) is 8. The molecule has 0 radical (unpaired) electrons. The minimum absolute atomic E-state index is 0.109. The summed E-state index contributed by atoms with van der Waals surface area (Å²) >= 11 is 1.22. The summed E-state index contributed by atoms with van der Waals surface area (Å²) in [6.45, 7) is 1.54. The van der Waals surface area contributed by atoms with Gasteiger partial charge in [-0.15, -0.1) is 0 Å². The number of aryl methyl sites for hydroxylation is 1. The highest BCUT2D eigenvalue weighted by Gasteiger charge is 2.14. The molecule has 0 spiro atoms. The van der Waals surface area contributed by atoms with E-state index in [1.165, 1.54) is 18.9 Å². The molecule has 2 rings (SSSR count). The van der Waals surface area contributed by atoms with E-state index >= 15 is 0 Å². The second-order valence-corrected chi connectivity index (χ2v) is 5.10. The molecule has 0 unspecified atom stereocenters. The Labute approximate surface area is 130 Å². The lowest BCUT2D eigenvalue weighted by atomic mass is 10.3. The molecule has 0 atom stereocenters. The Balaban J connectivity index is 1.99. The standard InChI is InChI=1S/C13H14N4O4S/c1-8-16-12(17-21-8)9-4-3-5-14-13(9)22-7-10(18)15-6-11(19)20-2/h3-5H,6-7H2,1-2H3,(H,15,18). The van der Waals surface area contributed by atoms with Gasteiger partial charge in [-0.1, -0.05) is 16.9 Å². The van der Waals surface area contributed by atoms with Gasteiger partial charge in [-0.3, -0.25) is 9.59 Å². The van der Waals surface area contributed by atoms with Crippen LogP contribution < -0.4 is 5.32 Å². The fourth-order valence-corrected chi connectivity index (χ4v) is 2.33. The molecule has 0 aliphatic rings. The fraction of sp³-hybridized carbons (Fsp3) is 0.308. The van der Waals surface area contributed by atoms with Gasteiger partial charge in [0.15, 0.2) is 0 Å². The first kappa shape index (κ1) is 16.0. The monoisotopic (exact) mass is 322 g/mol. The van der Waals surface area contributed by atoms with Gasteiger partial charge >= 0.3 is 5.97 Å². The Kier molecular flexibility index (Phi) is 5.48. The molecule has 0 saturated carbocycles. The van der Waals surface area contributed by atoms with Gasteiger partial charge in [-0.2, -0.15) is 4.98 Å². The lowest BCUT2D eigenvalue weighted by Crippen LogP contribution is -2.31. The number of rotatable bonds is 6. The van der Waals surface area contributed by atoms with Gasteiger partial charge in [0.25, 0.3) is 0 Å². The van der Waals surface area contributed by atoms with E-state index in [4.69, 9.17) is 4.52 Å². The quantitative estimate of drug-likeness (QED) is 0.615. The molecule has 2 heterocycles. The van der Waals surface area contributed by atoms with E-state index in [1.54, 1.807) is 25.3 Å². The summed E-state index contributed by atoms with van der Waals surface area (Å²) in [5, 5.41) is 6.91. The number of esters is 1. The third kappa shape index (κ3) is 4.29. The molecule has 116 valence electrons. The maximum absolute atomic E-state index is 11.7. The molecule has 0 saturated heterocycles. The van der Waals surface area contributed by atoms with Gasteiger partial charge < -0.3 is 14.6 Å². The first-order valence-corrected chi connectivity index (χ1v) is 7.30. The van der Waals surface area contributed by atoms with Gasteiger partial charge in [0.1, 0.15) is 11.6 Å². The molecule has 9 heteroatoms. The van der Waals surface area contributed by atoms with Crippen molar-refractivity contribution in [1.29, 1.82) is 0 Å². The van der Waals surface area contributed by atoms with Crippen LogP contribution in [0.2, 0.25) is 0 Å². The lowest BCUT2D eigenvalue weighted by Gasteiger charge is -2.05. The molecule has 0 fully saturated rings. The van der Waals surface area contributed by atoms with E-state index in [9.17, 15) is 9.59 Å². The molecule has 8 nitrogen and oxygen atoms in total. The summed E-state index contributed by atoms with van der Waals surface area (Å²) in [6, 6.07) is 3.55. The summed E-state index contributed by atoms with van der Waals surface area (Å²) in [6.07, 6.45) is 1.62. The van der Waals surface area contributed by atoms with Crippen LogP contribution in [0.3, 0.4) is 0 Å². The number of hydrogen-bond donors (Lipinski definition) is 1. The van der Waals surface area contributed by atoms with E-state index in [0.29, 0.717) is 22.3 Å². The highest BCUT2D eigenvalue weighted by atomic mass is 32.2. The van der Waals surface area contributed by atoms with Crippen molar-refractivity contribution in [3.05, 3.63) is 24.2 Å².